The second-order valence-electron chi connectivity index (χ2n) is 3.38. The monoisotopic (exact) mass is 182 g/mol. The number of nitrogens with zero attached hydrogens (tertiary/aromatic N) is 2. The molecule has 1 N–H and O–H groups in total. The van der Waals surface area contributed by atoms with Crippen LogP contribution in [0.25, 0.3) is 0 Å². The summed E-state index contributed by atoms with van der Waals surface area (Å²) in [4.78, 5) is 23.3. The molecular weight excluding hydrogens is 172 g/mol. The number of hydrogen-bond acceptors (Lipinski definition) is 3. The average molecular weight is 182 g/mol. The number of amides is 1. The second-order valence-corrected chi connectivity index (χ2v) is 3.38. The molecule has 1 aliphatic carbocycles. The fourth-order valence-electron chi connectivity index (χ4n) is 1.28. The molecule has 70 valence electrons. The van der Waals surface area contributed by atoms with Crippen molar-refractivity contribution in [3.63, 3.8) is 0 Å². The molecule has 5 nitrogen and oxygen atoms in total. The predicted molar refractivity (Wildman–Crippen MR) is 42.5 cm³/mol. The highest BCUT2D eigenvalue weighted by molar-refractivity contribution is 5.94. The fraction of sp³-hybridized carbons (Fsp3) is 0.625. The zero-order valence-electron chi connectivity index (χ0n) is 7.44. The summed E-state index contributed by atoms with van der Waals surface area (Å²) in [6, 6.07) is 1.69. The van der Waals surface area contributed by atoms with Crippen molar-refractivity contribution in [1.82, 2.24) is 4.90 Å². The number of carbonyl (C=O) groups is 2. The number of nitriles is 1. The predicted octanol–water partition coefficient (Wildman–Crippen LogP) is -0.311. The lowest BCUT2D eigenvalue weighted by Crippen LogP contribution is -2.28. The Morgan fingerprint density at radius 2 is 2.15 bits per heavy atom. The third-order valence-corrected chi connectivity index (χ3v) is 2.28. The lowest BCUT2D eigenvalue weighted by Gasteiger charge is -2.10. The Balaban J connectivity index is 2.78. The molecule has 0 aromatic carbocycles. The van der Waals surface area contributed by atoms with Gasteiger partial charge in [0.1, 0.15) is 0 Å². The van der Waals surface area contributed by atoms with Crippen LogP contribution in [-0.4, -0.2) is 36.0 Å². The van der Waals surface area contributed by atoms with Crippen LogP contribution in [0.1, 0.15) is 6.42 Å². The molecule has 5 heteroatoms. The lowest BCUT2D eigenvalue weighted by molar-refractivity contribution is -0.144. The van der Waals surface area contributed by atoms with Crippen LogP contribution in [0.5, 0.6) is 0 Å². The summed E-state index contributed by atoms with van der Waals surface area (Å²) in [5.74, 6) is -2.15. The number of carbonyl (C=O) groups excluding carboxylic acids is 1. The minimum absolute atomic E-state index is 0.135. The Kier molecular flexibility index (Phi) is 2.00. The number of aliphatic carboxylic acids is 1. The summed E-state index contributed by atoms with van der Waals surface area (Å²) in [6.07, 6.45) is 0.135. The minimum atomic E-state index is -1.46. The van der Waals surface area contributed by atoms with Gasteiger partial charge in [-0.05, 0) is 6.42 Å². The summed E-state index contributed by atoms with van der Waals surface area (Å²) in [6.45, 7) is 0. The first kappa shape index (κ1) is 9.52. The minimum Gasteiger partial charge on any atom is -0.480 e. The third kappa shape index (κ3) is 1.24. The van der Waals surface area contributed by atoms with Gasteiger partial charge in [-0.3, -0.25) is 9.59 Å². The van der Waals surface area contributed by atoms with E-state index in [1.54, 1.807) is 20.2 Å². The molecule has 0 heterocycles. The fourth-order valence-corrected chi connectivity index (χ4v) is 1.28. The Morgan fingerprint density at radius 1 is 1.62 bits per heavy atom. The maximum absolute atomic E-state index is 11.3. The zero-order valence-corrected chi connectivity index (χ0v) is 7.44. The van der Waals surface area contributed by atoms with Gasteiger partial charge in [0.2, 0.25) is 5.91 Å². The SMILES string of the molecule is CN(C)C(=O)C1CC1(C#N)C(=O)O. The van der Waals surface area contributed by atoms with Crippen LogP contribution in [0.3, 0.4) is 0 Å². The molecule has 0 radical (unpaired) electrons. The Bertz CT molecular complexity index is 305. The summed E-state index contributed by atoms with van der Waals surface area (Å²) < 4.78 is 0. The molecule has 1 saturated carbocycles. The van der Waals surface area contributed by atoms with Crippen molar-refractivity contribution in [2.24, 2.45) is 11.3 Å². The molecule has 0 aromatic heterocycles. The molecule has 1 fully saturated rings. The van der Waals surface area contributed by atoms with Gasteiger partial charge in [-0.25, -0.2) is 0 Å². The molecule has 1 amide bonds. The molecule has 0 saturated heterocycles. The van der Waals surface area contributed by atoms with E-state index in [9.17, 15) is 9.59 Å². The third-order valence-electron chi connectivity index (χ3n) is 2.28. The van der Waals surface area contributed by atoms with Gasteiger partial charge < -0.3 is 10.0 Å². The van der Waals surface area contributed by atoms with E-state index in [2.05, 4.69) is 0 Å². The summed E-state index contributed by atoms with van der Waals surface area (Å²) in [5, 5.41) is 17.3. The van der Waals surface area contributed by atoms with Crippen LogP contribution >= 0.6 is 0 Å². The standard InChI is InChI=1S/C8H10N2O3/c1-10(2)6(11)5-3-8(5,4-9)7(12)13/h5H,3H2,1-2H3,(H,12,13). The number of carboxylic acid groups (broad SMARTS) is 1. The van der Waals surface area contributed by atoms with Gasteiger partial charge in [0.15, 0.2) is 5.41 Å². The molecule has 2 atom stereocenters. The van der Waals surface area contributed by atoms with Gasteiger partial charge in [-0.1, -0.05) is 0 Å². The van der Waals surface area contributed by atoms with E-state index in [1.807, 2.05) is 0 Å². The van der Waals surface area contributed by atoms with E-state index in [-0.39, 0.29) is 12.3 Å². The van der Waals surface area contributed by atoms with Crippen molar-refractivity contribution in [3.8, 4) is 6.07 Å². The van der Waals surface area contributed by atoms with Crippen LogP contribution in [0, 0.1) is 22.7 Å². The summed E-state index contributed by atoms with van der Waals surface area (Å²) >= 11 is 0. The van der Waals surface area contributed by atoms with Gasteiger partial charge >= 0.3 is 5.97 Å². The van der Waals surface area contributed by atoms with E-state index in [0.717, 1.165) is 0 Å². The number of carboxylic acids is 1. The van der Waals surface area contributed by atoms with Crippen LogP contribution in [-0.2, 0) is 9.59 Å². The van der Waals surface area contributed by atoms with E-state index in [4.69, 9.17) is 10.4 Å². The first-order valence-corrected chi connectivity index (χ1v) is 3.81. The molecule has 0 aromatic rings. The molecule has 0 aliphatic heterocycles. The second kappa shape index (κ2) is 2.73. The van der Waals surface area contributed by atoms with E-state index in [0.29, 0.717) is 0 Å². The smallest absolute Gasteiger partial charge is 0.324 e. The molecule has 0 bridgehead atoms. The first-order valence-electron chi connectivity index (χ1n) is 3.81. The van der Waals surface area contributed by atoms with Crippen LogP contribution in [0.2, 0.25) is 0 Å². The van der Waals surface area contributed by atoms with Gasteiger partial charge in [0, 0.05) is 14.1 Å². The maximum atomic E-state index is 11.3. The highest BCUT2D eigenvalue weighted by atomic mass is 16.4. The van der Waals surface area contributed by atoms with Crippen molar-refractivity contribution < 1.29 is 14.7 Å². The number of rotatable bonds is 2. The van der Waals surface area contributed by atoms with Gasteiger partial charge in [-0.15, -0.1) is 0 Å². The van der Waals surface area contributed by atoms with Gasteiger partial charge in [0.25, 0.3) is 0 Å². The van der Waals surface area contributed by atoms with E-state index >= 15 is 0 Å². The van der Waals surface area contributed by atoms with Crippen molar-refractivity contribution in [2.75, 3.05) is 14.1 Å². The van der Waals surface area contributed by atoms with Gasteiger partial charge in [0.05, 0.1) is 12.0 Å². The normalized spacial score (nSPS) is 30.4. The number of hydrogen-bond donors (Lipinski definition) is 1. The topological polar surface area (TPSA) is 81.4 Å². The molecule has 1 rings (SSSR count). The summed E-state index contributed by atoms with van der Waals surface area (Å²) in [7, 11) is 3.09. The average Bonchev–Trinajstić information content (AvgIpc) is 2.78. The van der Waals surface area contributed by atoms with Gasteiger partial charge in [-0.2, -0.15) is 5.26 Å². The van der Waals surface area contributed by atoms with Crippen LogP contribution in [0.15, 0.2) is 0 Å². The lowest BCUT2D eigenvalue weighted by atomic mass is 10.1. The molecule has 0 spiro atoms. The largest absolute Gasteiger partial charge is 0.480 e. The Morgan fingerprint density at radius 3 is 2.38 bits per heavy atom. The molecular formula is C8H10N2O3. The highest BCUT2D eigenvalue weighted by Gasteiger charge is 2.65. The van der Waals surface area contributed by atoms with Crippen molar-refractivity contribution in [1.29, 1.82) is 5.26 Å². The Hall–Kier alpha value is -1.57. The van der Waals surface area contributed by atoms with Crippen LogP contribution < -0.4 is 0 Å². The quantitative estimate of drug-likeness (QED) is 0.635. The molecule has 13 heavy (non-hydrogen) atoms. The summed E-state index contributed by atoms with van der Waals surface area (Å²) in [5.41, 5.74) is -1.46. The van der Waals surface area contributed by atoms with E-state index < -0.39 is 17.3 Å². The molecule has 1 aliphatic rings. The Labute approximate surface area is 75.6 Å². The van der Waals surface area contributed by atoms with Crippen molar-refractivity contribution >= 4 is 11.9 Å². The maximum Gasteiger partial charge on any atom is 0.324 e. The van der Waals surface area contributed by atoms with Crippen molar-refractivity contribution in [3.05, 3.63) is 0 Å². The van der Waals surface area contributed by atoms with E-state index in [1.165, 1.54) is 4.90 Å². The molecule has 2 unspecified atom stereocenters. The first-order chi connectivity index (χ1) is 5.95. The zero-order chi connectivity index (χ0) is 10.2. The highest BCUT2D eigenvalue weighted by Crippen LogP contribution is 2.52. The van der Waals surface area contributed by atoms with Crippen molar-refractivity contribution in [2.45, 2.75) is 6.42 Å². The van der Waals surface area contributed by atoms with Crippen LogP contribution in [0.4, 0.5) is 0 Å².